The first-order valence-corrected chi connectivity index (χ1v) is 10.1. The van der Waals surface area contributed by atoms with Crippen LogP contribution in [-0.2, 0) is 4.74 Å². The maximum atomic E-state index is 6.26. The van der Waals surface area contributed by atoms with Crippen molar-refractivity contribution in [3.8, 4) is 0 Å². The van der Waals surface area contributed by atoms with Crippen molar-refractivity contribution >= 4 is 34.0 Å². The summed E-state index contributed by atoms with van der Waals surface area (Å²) in [4.78, 5) is 12.1. The predicted molar refractivity (Wildman–Crippen MR) is 112 cm³/mol. The summed E-state index contributed by atoms with van der Waals surface area (Å²) in [5.41, 5.74) is 2.11. The Morgan fingerprint density at radius 2 is 1.85 bits per heavy atom. The number of nitrogens with one attached hydrogen (secondary N) is 1. The summed E-state index contributed by atoms with van der Waals surface area (Å²) >= 11 is 6.26. The van der Waals surface area contributed by atoms with Gasteiger partial charge in [-0.2, -0.15) is 0 Å². The number of pyridine rings is 1. The molecule has 0 saturated carbocycles. The van der Waals surface area contributed by atoms with Crippen LogP contribution in [0.1, 0.15) is 0 Å². The summed E-state index contributed by atoms with van der Waals surface area (Å²) in [6, 6.07) is 8.13. The predicted octanol–water partition coefficient (Wildman–Crippen LogP) is 2.38. The van der Waals surface area contributed by atoms with Gasteiger partial charge in [0.1, 0.15) is 5.82 Å². The van der Waals surface area contributed by atoms with Crippen molar-refractivity contribution in [2.75, 3.05) is 82.8 Å². The van der Waals surface area contributed by atoms with E-state index >= 15 is 0 Å². The van der Waals surface area contributed by atoms with Gasteiger partial charge >= 0.3 is 0 Å². The number of morpholine rings is 1. The summed E-state index contributed by atoms with van der Waals surface area (Å²) in [6.07, 6.45) is 0. The molecule has 27 heavy (non-hydrogen) atoms. The van der Waals surface area contributed by atoms with Crippen LogP contribution in [0.2, 0.25) is 5.02 Å². The van der Waals surface area contributed by atoms with Gasteiger partial charge in [-0.05, 0) is 25.2 Å². The van der Waals surface area contributed by atoms with Crippen LogP contribution in [0.5, 0.6) is 0 Å². The summed E-state index contributed by atoms with van der Waals surface area (Å²) in [7, 11) is 2.17. The van der Waals surface area contributed by atoms with Crippen molar-refractivity contribution in [3.63, 3.8) is 0 Å². The van der Waals surface area contributed by atoms with Gasteiger partial charge in [-0.3, -0.25) is 4.90 Å². The van der Waals surface area contributed by atoms with E-state index < -0.39 is 0 Å². The van der Waals surface area contributed by atoms with Crippen LogP contribution in [0.15, 0.2) is 24.3 Å². The largest absolute Gasteiger partial charge is 0.383 e. The Hall–Kier alpha value is -1.60. The number of benzene rings is 1. The zero-order valence-electron chi connectivity index (χ0n) is 16.0. The lowest BCUT2D eigenvalue weighted by Crippen LogP contribution is -2.44. The minimum Gasteiger partial charge on any atom is -0.383 e. The molecule has 2 aliphatic heterocycles. The van der Waals surface area contributed by atoms with Gasteiger partial charge < -0.3 is 19.9 Å². The minimum absolute atomic E-state index is 0.743. The summed E-state index contributed by atoms with van der Waals surface area (Å²) in [5, 5.41) is 5.46. The Labute approximate surface area is 166 Å². The van der Waals surface area contributed by atoms with Crippen molar-refractivity contribution in [2.45, 2.75) is 0 Å². The number of halogens is 1. The van der Waals surface area contributed by atoms with Crippen molar-refractivity contribution in [1.82, 2.24) is 14.8 Å². The van der Waals surface area contributed by atoms with Crippen LogP contribution in [0, 0.1) is 0 Å². The monoisotopic (exact) mass is 389 g/mol. The van der Waals surface area contributed by atoms with Crippen LogP contribution >= 0.6 is 11.6 Å². The number of hydrogen-bond donors (Lipinski definition) is 1. The highest BCUT2D eigenvalue weighted by Crippen LogP contribution is 2.29. The van der Waals surface area contributed by atoms with E-state index in [9.17, 15) is 0 Å². The molecule has 3 heterocycles. The fourth-order valence-electron chi connectivity index (χ4n) is 3.70. The van der Waals surface area contributed by atoms with Gasteiger partial charge in [0, 0.05) is 74.5 Å². The first kappa shape index (κ1) is 18.7. The molecule has 0 amide bonds. The molecule has 0 spiro atoms. The minimum atomic E-state index is 0.743. The van der Waals surface area contributed by atoms with Gasteiger partial charge in [0.05, 0.1) is 18.7 Å². The Morgan fingerprint density at radius 1 is 1.07 bits per heavy atom. The molecule has 0 bridgehead atoms. The maximum Gasteiger partial charge on any atom is 0.131 e. The molecule has 6 nitrogen and oxygen atoms in total. The quantitative estimate of drug-likeness (QED) is 0.847. The lowest BCUT2D eigenvalue weighted by molar-refractivity contribution is 0.0398. The molecule has 2 saturated heterocycles. The molecule has 2 aromatic rings. The molecular formula is C20H28ClN5O. The number of anilines is 2. The third-order valence-corrected chi connectivity index (χ3v) is 5.67. The second-order valence-electron chi connectivity index (χ2n) is 7.36. The van der Waals surface area contributed by atoms with Crippen LogP contribution in [0.25, 0.3) is 10.9 Å². The molecular weight excluding hydrogens is 362 g/mol. The van der Waals surface area contributed by atoms with E-state index in [1.807, 2.05) is 18.2 Å². The Kier molecular flexibility index (Phi) is 5.98. The Balaban J connectivity index is 1.53. The first-order valence-electron chi connectivity index (χ1n) is 9.77. The fraction of sp³-hybridized carbons (Fsp3) is 0.550. The summed E-state index contributed by atoms with van der Waals surface area (Å²) < 4.78 is 5.43. The number of aromatic nitrogens is 1. The van der Waals surface area contributed by atoms with E-state index in [4.69, 9.17) is 21.3 Å². The van der Waals surface area contributed by atoms with Crippen LogP contribution in [-0.4, -0.2) is 87.4 Å². The van der Waals surface area contributed by atoms with E-state index in [1.165, 1.54) is 0 Å². The van der Waals surface area contributed by atoms with Gasteiger partial charge in [0.2, 0.25) is 0 Å². The van der Waals surface area contributed by atoms with Crippen LogP contribution < -0.4 is 10.2 Å². The lowest BCUT2D eigenvalue weighted by atomic mass is 10.1. The zero-order chi connectivity index (χ0) is 18.6. The second-order valence-corrected chi connectivity index (χ2v) is 7.80. The molecule has 0 radical (unpaired) electrons. The smallest absolute Gasteiger partial charge is 0.131 e. The second kappa shape index (κ2) is 8.61. The fourth-order valence-corrected chi connectivity index (χ4v) is 3.87. The average Bonchev–Trinajstić information content (AvgIpc) is 2.69. The number of fused-ring (bicyclic) bond motifs is 1. The van der Waals surface area contributed by atoms with E-state index in [0.717, 1.165) is 93.0 Å². The topological polar surface area (TPSA) is 43.9 Å². The third-order valence-electron chi connectivity index (χ3n) is 5.43. The van der Waals surface area contributed by atoms with E-state index in [0.29, 0.717) is 0 Å². The molecule has 0 aliphatic carbocycles. The van der Waals surface area contributed by atoms with E-state index in [1.54, 1.807) is 0 Å². The molecule has 2 fully saturated rings. The third kappa shape index (κ3) is 4.63. The van der Waals surface area contributed by atoms with E-state index in [2.05, 4.69) is 33.1 Å². The van der Waals surface area contributed by atoms with E-state index in [-0.39, 0.29) is 0 Å². The molecule has 7 heteroatoms. The molecule has 2 aliphatic rings. The molecule has 1 N–H and O–H groups in total. The molecule has 4 rings (SSSR count). The maximum absolute atomic E-state index is 6.26. The highest BCUT2D eigenvalue weighted by molar-refractivity contribution is 6.31. The van der Waals surface area contributed by atoms with Crippen LogP contribution in [0.3, 0.4) is 0 Å². The zero-order valence-corrected chi connectivity index (χ0v) is 16.7. The number of hydrogen-bond acceptors (Lipinski definition) is 6. The standard InChI is InChI=1S/C20H28ClN5O/c1-24-6-8-26(9-7-24)20-15-19(17-14-16(21)2-3-18(17)23-20)22-4-5-25-10-12-27-13-11-25/h2-3,14-15H,4-13H2,1H3,(H,22,23). The summed E-state index contributed by atoms with van der Waals surface area (Å²) in [6.45, 7) is 9.76. The van der Waals surface area contributed by atoms with Gasteiger partial charge in [0.25, 0.3) is 0 Å². The first-order chi connectivity index (χ1) is 13.2. The number of likely N-dealkylation sites (N-methyl/N-ethyl adjacent to an activating group) is 1. The molecule has 1 aromatic heterocycles. The highest BCUT2D eigenvalue weighted by atomic mass is 35.5. The van der Waals surface area contributed by atoms with Crippen molar-refractivity contribution in [3.05, 3.63) is 29.3 Å². The molecule has 1 aromatic carbocycles. The number of rotatable bonds is 5. The normalized spacial score (nSPS) is 19.6. The Morgan fingerprint density at radius 3 is 2.63 bits per heavy atom. The van der Waals surface area contributed by atoms with Gasteiger partial charge in [-0.1, -0.05) is 11.6 Å². The highest BCUT2D eigenvalue weighted by Gasteiger charge is 2.17. The molecule has 146 valence electrons. The average molecular weight is 390 g/mol. The number of nitrogens with zero attached hydrogens (tertiary/aromatic N) is 4. The number of piperazine rings is 1. The lowest BCUT2D eigenvalue weighted by Gasteiger charge is -2.33. The Bertz CT molecular complexity index is 772. The van der Waals surface area contributed by atoms with Crippen molar-refractivity contribution < 1.29 is 4.74 Å². The SMILES string of the molecule is CN1CCN(c2cc(NCCN3CCOCC3)c3cc(Cl)ccc3n2)CC1. The molecule has 0 unspecified atom stereocenters. The van der Waals surface area contributed by atoms with Gasteiger partial charge in [-0.25, -0.2) is 4.98 Å². The van der Waals surface area contributed by atoms with Crippen LogP contribution in [0.4, 0.5) is 11.5 Å². The summed E-state index contributed by atoms with van der Waals surface area (Å²) in [5.74, 6) is 1.05. The van der Waals surface area contributed by atoms with Crippen molar-refractivity contribution in [2.24, 2.45) is 0 Å². The van der Waals surface area contributed by atoms with Gasteiger partial charge in [-0.15, -0.1) is 0 Å². The molecule has 0 atom stereocenters. The number of ether oxygens (including phenoxy) is 1. The van der Waals surface area contributed by atoms with Crippen molar-refractivity contribution in [1.29, 1.82) is 0 Å². The van der Waals surface area contributed by atoms with Gasteiger partial charge in [0.15, 0.2) is 0 Å².